The molecule has 2 rings (SSSR count). The van der Waals surface area contributed by atoms with Crippen molar-refractivity contribution in [3.05, 3.63) is 29.3 Å². The third kappa shape index (κ3) is 2.17. The molecule has 1 aromatic carbocycles. The van der Waals surface area contributed by atoms with E-state index in [1.807, 2.05) is 6.07 Å². The number of aryl methyl sites for hydroxylation is 1. The number of benzene rings is 1. The Morgan fingerprint density at radius 1 is 1.62 bits per heavy atom. The number of aliphatic hydroxyl groups is 1. The van der Waals surface area contributed by atoms with Crippen molar-refractivity contribution in [1.29, 1.82) is 0 Å². The van der Waals surface area contributed by atoms with Gasteiger partial charge in [-0.3, -0.25) is 0 Å². The normalized spacial score (nSPS) is 18.5. The van der Waals surface area contributed by atoms with Crippen molar-refractivity contribution in [3.8, 4) is 5.75 Å². The van der Waals surface area contributed by atoms with Gasteiger partial charge in [-0.1, -0.05) is 6.07 Å². The van der Waals surface area contributed by atoms with Crippen molar-refractivity contribution in [2.45, 2.75) is 26.1 Å². The number of hydrogen-bond acceptors (Lipinski definition) is 4. The lowest BCUT2D eigenvalue weighted by atomic mass is 10.0. The Kier molecular flexibility index (Phi) is 3.10. The molecule has 0 aromatic heterocycles. The van der Waals surface area contributed by atoms with Crippen LogP contribution in [0.5, 0.6) is 5.75 Å². The lowest BCUT2D eigenvalue weighted by Gasteiger charge is -2.22. The van der Waals surface area contributed by atoms with Gasteiger partial charge in [0.05, 0.1) is 12.2 Å². The Hall–Kier alpha value is -1.55. The Morgan fingerprint density at radius 3 is 3.19 bits per heavy atom. The Balaban J connectivity index is 2.24. The van der Waals surface area contributed by atoms with Crippen LogP contribution in [0, 0.1) is 0 Å². The summed E-state index contributed by atoms with van der Waals surface area (Å²) in [6, 6.07) is 5.18. The zero-order valence-corrected chi connectivity index (χ0v) is 9.10. The first-order valence-corrected chi connectivity index (χ1v) is 5.35. The smallest absolute Gasteiger partial charge is 0.338 e. The van der Waals surface area contributed by atoms with Crippen molar-refractivity contribution >= 4 is 5.97 Å². The largest absolute Gasteiger partial charge is 0.465 e. The highest BCUT2D eigenvalue weighted by Crippen LogP contribution is 2.28. The molecule has 1 aliphatic heterocycles. The minimum Gasteiger partial charge on any atom is -0.465 e. The van der Waals surface area contributed by atoms with Crippen LogP contribution in [0.1, 0.15) is 29.3 Å². The van der Waals surface area contributed by atoms with Gasteiger partial charge in [-0.25, -0.2) is 4.79 Å². The van der Waals surface area contributed by atoms with Gasteiger partial charge in [0.2, 0.25) is 0 Å². The van der Waals surface area contributed by atoms with E-state index in [-0.39, 0.29) is 5.97 Å². The van der Waals surface area contributed by atoms with Crippen LogP contribution in [0.3, 0.4) is 0 Å². The van der Waals surface area contributed by atoms with Crippen molar-refractivity contribution < 1.29 is 19.4 Å². The van der Waals surface area contributed by atoms with E-state index >= 15 is 0 Å². The maximum Gasteiger partial charge on any atom is 0.338 e. The molecule has 4 nitrogen and oxygen atoms in total. The van der Waals surface area contributed by atoms with Gasteiger partial charge in [0.25, 0.3) is 0 Å². The number of ether oxygens (including phenoxy) is 2. The number of esters is 1. The molecular weight excluding hydrogens is 208 g/mol. The molecule has 16 heavy (non-hydrogen) atoms. The summed E-state index contributed by atoms with van der Waals surface area (Å²) < 4.78 is 10.1. The van der Waals surface area contributed by atoms with E-state index in [9.17, 15) is 9.90 Å². The Labute approximate surface area is 93.8 Å². The zero-order chi connectivity index (χ0) is 11.5. The first-order chi connectivity index (χ1) is 7.70. The summed E-state index contributed by atoms with van der Waals surface area (Å²) in [5.74, 6) is 0.207. The van der Waals surface area contributed by atoms with Crippen molar-refractivity contribution in [2.75, 3.05) is 6.61 Å². The van der Waals surface area contributed by atoms with Crippen molar-refractivity contribution in [3.63, 3.8) is 0 Å². The van der Waals surface area contributed by atoms with Crippen LogP contribution in [-0.2, 0) is 11.2 Å². The van der Waals surface area contributed by atoms with Crippen LogP contribution >= 0.6 is 0 Å². The summed E-state index contributed by atoms with van der Waals surface area (Å²) >= 11 is 0. The van der Waals surface area contributed by atoms with Gasteiger partial charge in [-0.2, -0.15) is 0 Å². The molecule has 0 amide bonds. The monoisotopic (exact) mass is 222 g/mol. The highest BCUT2D eigenvalue weighted by Gasteiger charge is 2.19. The van der Waals surface area contributed by atoms with Gasteiger partial charge in [-0.05, 0) is 31.0 Å². The minimum absolute atomic E-state index is 0.347. The molecule has 1 aliphatic rings. The molecule has 0 spiro atoms. The van der Waals surface area contributed by atoms with Crippen molar-refractivity contribution in [2.24, 2.45) is 0 Å². The molecule has 4 heteroatoms. The predicted molar refractivity (Wildman–Crippen MR) is 57.4 cm³/mol. The molecule has 1 unspecified atom stereocenters. The summed E-state index contributed by atoms with van der Waals surface area (Å²) in [5, 5.41) is 9.35. The van der Waals surface area contributed by atoms with Gasteiger partial charge in [-0.15, -0.1) is 0 Å². The second-order valence-corrected chi connectivity index (χ2v) is 3.65. The zero-order valence-electron chi connectivity index (χ0n) is 9.10. The molecule has 0 saturated carbocycles. The van der Waals surface area contributed by atoms with Gasteiger partial charge in [0, 0.05) is 6.42 Å². The second-order valence-electron chi connectivity index (χ2n) is 3.65. The summed E-state index contributed by atoms with van der Waals surface area (Å²) in [6.45, 7) is 2.11. The van der Waals surface area contributed by atoms with Crippen molar-refractivity contribution in [1.82, 2.24) is 0 Å². The number of carbonyl (C=O) groups is 1. The maximum atomic E-state index is 11.5. The van der Waals surface area contributed by atoms with Gasteiger partial charge < -0.3 is 14.6 Å². The van der Waals surface area contributed by atoms with E-state index in [2.05, 4.69) is 0 Å². The molecule has 1 atom stereocenters. The van der Waals surface area contributed by atoms with E-state index in [0.717, 1.165) is 12.0 Å². The first kappa shape index (κ1) is 11.0. The fraction of sp³-hybridized carbons (Fsp3) is 0.417. The van der Waals surface area contributed by atoms with Crippen LogP contribution in [0.15, 0.2) is 18.2 Å². The molecule has 86 valence electrons. The molecule has 1 aromatic rings. The second kappa shape index (κ2) is 4.53. The summed E-state index contributed by atoms with van der Waals surface area (Å²) in [6.07, 6.45) is 0.579. The standard InChI is InChI=1S/C12H14O4/c1-2-15-12(14)9-4-3-8-5-6-11(13)16-10(8)7-9/h3-4,7,11,13H,2,5-6H2,1H3. The number of hydrogen-bond donors (Lipinski definition) is 1. The molecule has 0 fully saturated rings. The van der Waals surface area contributed by atoms with Gasteiger partial charge in [0.15, 0.2) is 6.29 Å². The Morgan fingerprint density at radius 2 is 2.44 bits per heavy atom. The lowest BCUT2D eigenvalue weighted by Crippen LogP contribution is -2.22. The molecule has 1 heterocycles. The molecule has 0 saturated heterocycles. The third-order valence-corrected chi connectivity index (χ3v) is 2.50. The van der Waals surface area contributed by atoms with E-state index < -0.39 is 6.29 Å². The molecule has 0 bridgehead atoms. The fourth-order valence-electron chi connectivity index (χ4n) is 1.70. The average Bonchev–Trinajstić information content (AvgIpc) is 2.28. The highest BCUT2D eigenvalue weighted by molar-refractivity contribution is 5.90. The first-order valence-electron chi connectivity index (χ1n) is 5.35. The van der Waals surface area contributed by atoms with E-state index in [1.54, 1.807) is 19.1 Å². The van der Waals surface area contributed by atoms with E-state index in [1.165, 1.54) is 0 Å². The average molecular weight is 222 g/mol. The number of carbonyl (C=O) groups excluding carboxylic acids is 1. The quantitative estimate of drug-likeness (QED) is 0.770. The van der Waals surface area contributed by atoms with Crippen LogP contribution in [-0.4, -0.2) is 24.0 Å². The Bertz CT molecular complexity index is 400. The summed E-state index contributed by atoms with van der Waals surface area (Å²) in [5.41, 5.74) is 1.47. The number of rotatable bonds is 2. The lowest BCUT2D eigenvalue weighted by molar-refractivity contribution is -0.0317. The topological polar surface area (TPSA) is 55.8 Å². The predicted octanol–water partition coefficient (Wildman–Crippen LogP) is 1.51. The third-order valence-electron chi connectivity index (χ3n) is 2.50. The molecular formula is C12H14O4. The van der Waals surface area contributed by atoms with Crippen LogP contribution in [0.25, 0.3) is 0 Å². The highest BCUT2D eigenvalue weighted by atomic mass is 16.6. The maximum absolute atomic E-state index is 11.5. The number of aliphatic hydroxyl groups excluding tert-OH is 1. The molecule has 0 aliphatic carbocycles. The molecule has 1 N–H and O–H groups in total. The molecule has 0 radical (unpaired) electrons. The van der Waals surface area contributed by atoms with Crippen LogP contribution in [0.2, 0.25) is 0 Å². The minimum atomic E-state index is -0.773. The fourth-order valence-corrected chi connectivity index (χ4v) is 1.70. The summed E-state index contributed by atoms with van der Waals surface area (Å²) in [7, 11) is 0. The van der Waals surface area contributed by atoms with Crippen LogP contribution in [0.4, 0.5) is 0 Å². The van der Waals surface area contributed by atoms with Gasteiger partial charge >= 0.3 is 5.97 Å². The van der Waals surface area contributed by atoms with Gasteiger partial charge in [0.1, 0.15) is 5.75 Å². The van der Waals surface area contributed by atoms with E-state index in [4.69, 9.17) is 9.47 Å². The summed E-state index contributed by atoms with van der Waals surface area (Å²) in [4.78, 5) is 11.5. The number of fused-ring (bicyclic) bond motifs is 1. The van der Waals surface area contributed by atoms with E-state index in [0.29, 0.717) is 24.3 Å². The SMILES string of the molecule is CCOC(=O)c1ccc2c(c1)OC(O)CC2. The van der Waals surface area contributed by atoms with Crippen LogP contribution < -0.4 is 4.74 Å².